The van der Waals surface area contributed by atoms with Gasteiger partial charge in [-0.3, -0.25) is 25.3 Å². The Balaban J connectivity index is 2.24. The molecule has 0 atom stereocenters. The Morgan fingerprint density at radius 1 is 1.29 bits per heavy atom. The van der Waals surface area contributed by atoms with Crippen LogP contribution >= 0.6 is 11.8 Å². The first kappa shape index (κ1) is 14.7. The van der Waals surface area contributed by atoms with Crippen molar-refractivity contribution in [2.75, 3.05) is 0 Å². The van der Waals surface area contributed by atoms with Crippen LogP contribution in [-0.2, 0) is 14.4 Å². The van der Waals surface area contributed by atoms with Gasteiger partial charge >= 0.3 is 12.0 Å². The van der Waals surface area contributed by atoms with Gasteiger partial charge in [0.1, 0.15) is 11.7 Å². The molecule has 10 nitrogen and oxygen atoms in total. The smallest absolute Gasteiger partial charge is 0.342 e. The molecule has 0 unspecified atom stereocenters. The fraction of sp³-hybridized carbons (Fsp3) is 0.200. The van der Waals surface area contributed by atoms with Crippen molar-refractivity contribution in [2.45, 2.75) is 12.1 Å². The van der Waals surface area contributed by atoms with Crippen molar-refractivity contribution in [1.82, 2.24) is 25.8 Å². The minimum Gasteiger partial charge on any atom is -0.477 e. The first-order valence-electron chi connectivity index (χ1n) is 5.54. The van der Waals surface area contributed by atoms with Gasteiger partial charge in [0.25, 0.3) is 0 Å². The number of barbiturate groups is 1. The maximum atomic E-state index is 11.6. The molecule has 0 bridgehead atoms. The summed E-state index contributed by atoms with van der Waals surface area (Å²) in [4.78, 5) is 48.8. The highest BCUT2D eigenvalue weighted by atomic mass is 32.2. The van der Waals surface area contributed by atoms with Crippen LogP contribution in [0.25, 0.3) is 0 Å². The van der Waals surface area contributed by atoms with E-state index in [1.54, 1.807) is 6.92 Å². The molecule has 0 aliphatic carbocycles. The number of urea groups is 1. The van der Waals surface area contributed by atoms with Crippen molar-refractivity contribution in [1.29, 1.82) is 0 Å². The van der Waals surface area contributed by atoms with E-state index in [2.05, 4.69) is 15.2 Å². The number of carboxylic acids is 1. The van der Waals surface area contributed by atoms with E-state index in [1.807, 2.05) is 10.6 Å². The summed E-state index contributed by atoms with van der Waals surface area (Å²) in [6.45, 7) is 1.63. The number of carbonyl (C=O) groups excluding carboxylic acids is 3. The summed E-state index contributed by atoms with van der Waals surface area (Å²) in [5, 5.41) is 19.3. The number of aromatic nitrogens is 3. The molecule has 0 aromatic carbocycles. The third-order valence-corrected chi connectivity index (χ3v) is 3.24. The minimum atomic E-state index is -1.42. The number of imide groups is 2. The Hall–Kier alpha value is -2.69. The number of aliphatic carboxylic acids is 1. The van der Waals surface area contributed by atoms with E-state index in [0.29, 0.717) is 17.6 Å². The number of carboxylic acid groups (broad SMARTS) is 1. The lowest BCUT2D eigenvalue weighted by Crippen LogP contribution is -2.55. The van der Waals surface area contributed by atoms with Gasteiger partial charge in [0, 0.05) is 0 Å². The zero-order valence-electron chi connectivity index (χ0n) is 10.5. The van der Waals surface area contributed by atoms with Crippen molar-refractivity contribution in [3.8, 4) is 0 Å². The van der Waals surface area contributed by atoms with E-state index in [9.17, 15) is 19.2 Å². The van der Waals surface area contributed by atoms with E-state index in [4.69, 9.17) is 5.11 Å². The lowest BCUT2D eigenvalue weighted by molar-refractivity contribution is -0.133. The Bertz CT molecular complexity index is 647. The quantitative estimate of drug-likeness (QED) is 0.318. The average Bonchev–Trinajstić information content (AvgIpc) is 2.77. The molecular formula is C10H9N5O5S. The number of nitrogens with zero attached hydrogens (tertiary/aromatic N) is 2. The molecule has 4 N–H and O–H groups in total. The molecule has 1 aliphatic heterocycles. The molecule has 1 aromatic heterocycles. The zero-order chi connectivity index (χ0) is 15.6. The van der Waals surface area contributed by atoms with Gasteiger partial charge in [0.05, 0.1) is 4.91 Å². The average molecular weight is 311 g/mol. The Morgan fingerprint density at radius 2 is 1.90 bits per heavy atom. The molecule has 11 heteroatoms. The summed E-state index contributed by atoms with van der Waals surface area (Å²) in [6.07, 6.45) is 0.940. The minimum absolute atomic E-state index is 0.133. The number of aromatic amines is 1. The van der Waals surface area contributed by atoms with E-state index in [1.165, 1.54) is 0 Å². The normalized spacial score (nSPS) is 16.6. The second-order valence-electron chi connectivity index (χ2n) is 3.93. The Labute approximate surface area is 121 Å². The second kappa shape index (κ2) is 5.75. The van der Waals surface area contributed by atoms with Crippen molar-refractivity contribution >= 4 is 35.6 Å². The number of thioether (sulfide) groups is 1. The van der Waals surface area contributed by atoms with Crippen LogP contribution in [0.5, 0.6) is 0 Å². The summed E-state index contributed by atoms with van der Waals surface area (Å²) < 4.78 is 0. The van der Waals surface area contributed by atoms with Gasteiger partial charge < -0.3 is 5.11 Å². The van der Waals surface area contributed by atoms with Crippen molar-refractivity contribution in [3.63, 3.8) is 0 Å². The predicted octanol–water partition coefficient (Wildman–Crippen LogP) is -0.844. The van der Waals surface area contributed by atoms with Crippen LogP contribution in [0.3, 0.4) is 0 Å². The van der Waals surface area contributed by atoms with Gasteiger partial charge in [-0.15, -0.1) is 5.10 Å². The van der Waals surface area contributed by atoms with E-state index in [0.717, 1.165) is 6.08 Å². The molecule has 4 amide bonds. The van der Waals surface area contributed by atoms with Gasteiger partial charge in [-0.25, -0.2) is 14.6 Å². The van der Waals surface area contributed by atoms with Gasteiger partial charge in [-0.2, -0.15) is 0 Å². The number of amides is 4. The van der Waals surface area contributed by atoms with Crippen molar-refractivity contribution in [2.24, 2.45) is 5.92 Å². The SMILES string of the molecule is Cc1nc(S/C(=C/C2C(=O)NC(=O)NC2=O)C(=O)O)n[nH]1. The van der Waals surface area contributed by atoms with Crippen LogP contribution in [0.15, 0.2) is 16.1 Å². The highest BCUT2D eigenvalue weighted by molar-refractivity contribution is 8.03. The van der Waals surface area contributed by atoms with E-state index in [-0.39, 0.29) is 10.1 Å². The van der Waals surface area contributed by atoms with Crippen LogP contribution < -0.4 is 10.6 Å². The number of aryl methyl sites for hydroxylation is 1. The lowest BCUT2D eigenvalue weighted by atomic mass is 10.1. The maximum absolute atomic E-state index is 11.6. The van der Waals surface area contributed by atoms with Gasteiger partial charge in [0.15, 0.2) is 0 Å². The zero-order valence-corrected chi connectivity index (χ0v) is 11.4. The molecule has 0 spiro atoms. The monoisotopic (exact) mass is 311 g/mol. The van der Waals surface area contributed by atoms with Crippen molar-refractivity contribution < 1.29 is 24.3 Å². The first-order valence-corrected chi connectivity index (χ1v) is 6.36. The second-order valence-corrected chi connectivity index (χ2v) is 4.94. The van der Waals surface area contributed by atoms with Gasteiger partial charge in [0.2, 0.25) is 17.0 Å². The number of nitrogens with one attached hydrogen (secondary N) is 3. The first-order chi connectivity index (χ1) is 9.86. The highest BCUT2D eigenvalue weighted by Gasteiger charge is 2.33. The van der Waals surface area contributed by atoms with Crippen LogP contribution in [-0.4, -0.2) is 44.1 Å². The number of hydrogen-bond acceptors (Lipinski definition) is 7. The van der Waals surface area contributed by atoms with E-state index < -0.39 is 29.7 Å². The summed E-state index contributed by atoms with van der Waals surface area (Å²) in [5.41, 5.74) is 0. The molecule has 1 aromatic rings. The predicted molar refractivity (Wildman–Crippen MR) is 67.9 cm³/mol. The molecule has 2 rings (SSSR count). The van der Waals surface area contributed by atoms with Crippen LogP contribution in [0.2, 0.25) is 0 Å². The molecule has 1 saturated heterocycles. The molecule has 0 saturated carbocycles. The summed E-state index contributed by atoms with van der Waals surface area (Å²) in [5.74, 6) is -4.06. The molecule has 2 heterocycles. The molecule has 21 heavy (non-hydrogen) atoms. The maximum Gasteiger partial charge on any atom is 0.342 e. The van der Waals surface area contributed by atoms with E-state index >= 15 is 0 Å². The largest absolute Gasteiger partial charge is 0.477 e. The molecule has 1 fully saturated rings. The number of rotatable bonds is 4. The lowest BCUT2D eigenvalue weighted by Gasteiger charge is -2.18. The third-order valence-electron chi connectivity index (χ3n) is 2.35. The van der Waals surface area contributed by atoms with Crippen LogP contribution in [0.4, 0.5) is 4.79 Å². The molecule has 0 radical (unpaired) electrons. The molecule has 1 aliphatic rings. The number of H-pyrrole nitrogens is 1. The fourth-order valence-electron chi connectivity index (χ4n) is 1.45. The highest BCUT2D eigenvalue weighted by Crippen LogP contribution is 2.25. The van der Waals surface area contributed by atoms with Crippen molar-refractivity contribution in [3.05, 3.63) is 16.8 Å². The summed E-state index contributed by atoms with van der Waals surface area (Å²) in [7, 11) is 0. The third kappa shape index (κ3) is 3.45. The number of carbonyl (C=O) groups is 4. The molecular weight excluding hydrogens is 302 g/mol. The van der Waals surface area contributed by atoms with Gasteiger partial charge in [-0.1, -0.05) is 0 Å². The topological polar surface area (TPSA) is 154 Å². The number of hydrogen-bond donors (Lipinski definition) is 4. The summed E-state index contributed by atoms with van der Waals surface area (Å²) >= 11 is 0.679. The molecule has 110 valence electrons. The Kier molecular flexibility index (Phi) is 4.03. The fourth-order valence-corrected chi connectivity index (χ4v) is 2.21. The Morgan fingerprint density at radius 3 is 2.38 bits per heavy atom. The van der Waals surface area contributed by atoms with Gasteiger partial charge in [-0.05, 0) is 24.8 Å². The van der Waals surface area contributed by atoms with Crippen LogP contribution in [0, 0.1) is 12.8 Å². The standard InChI is InChI=1S/C10H9N5O5S/c1-3-11-10(15-14-3)21-5(8(18)19)2-4-6(16)12-9(20)13-7(4)17/h2,4H,1H3,(H,18,19)(H,11,14,15)(H2,12,13,16,17,20)/b5-2+. The van der Waals surface area contributed by atoms with Crippen LogP contribution in [0.1, 0.15) is 5.82 Å². The summed E-state index contributed by atoms with van der Waals surface area (Å²) in [6, 6.07) is -0.941.